The predicted molar refractivity (Wildman–Crippen MR) is 96.8 cm³/mol. The van der Waals surface area contributed by atoms with Gasteiger partial charge in [0.25, 0.3) is 0 Å². The number of allylic oxidation sites excluding steroid dienone is 1. The van der Waals surface area contributed by atoms with E-state index < -0.39 is 0 Å². The minimum atomic E-state index is 0.639. The molecule has 2 aromatic heterocycles. The van der Waals surface area contributed by atoms with Gasteiger partial charge >= 0.3 is 0 Å². The highest BCUT2D eigenvalue weighted by atomic mass is 79.9. The van der Waals surface area contributed by atoms with Crippen LogP contribution in [0.3, 0.4) is 0 Å². The van der Waals surface area contributed by atoms with Crippen molar-refractivity contribution in [1.29, 1.82) is 0 Å². The van der Waals surface area contributed by atoms with Gasteiger partial charge in [0.1, 0.15) is 5.82 Å². The van der Waals surface area contributed by atoms with Crippen molar-refractivity contribution in [1.82, 2.24) is 24.1 Å². The number of rotatable bonds is 6. The Balaban J connectivity index is 1.94. The summed E-state index contributed by atoms with van der Waals surface area (Å²) in [6.07, 6.45) is 2.67. The average Bonchev–Trinajstić information content (AvgIpc) is 3.17. The summed E-state index contributed by atoms with van der Waals surface area (Å²) in [6, 6.07) is 8.02. The molecule has 23 heavy (non-hydrogen) atoms. The fraction of sp³-hybridized carbons (Fsp3) is 0.200. The van der Waals surface area contributed by atoms with Gasteiger partial charge in [0.15, 0.2) is 15.3 Å². The number of halogens is 1. The summed E-state index contributed by atoms with van der Waals surface area (Å²) in [5.41, 5.74) is 1.01. The molecule has 0 atom stereocenters. The fourth-order valence-electron chi connectivity index (χ4n) is 1.97. The lowest BCUT2D eigenvalue weighted by atomic mass is 10.2. The molecule has 0 spiro atoms. The Hall–Kier alpha value is -1.51. The van der Waals surface area contributed by atoms with E-state index >= 15 is 0 Å². The Morgan fingerprint density at radius 2 is 2.09 bits per heavy atom. The number of hydrogen-bond donors (Lipinski definition) is 0. The molecule has 0 fully saturated rings. The average molecular weight is 408 g/mol. The molecule has 0 aliphatic rings. The van der Waals surface area contributed by atoms with Crippen LogP contribution in [0.15, 0.2) is 50.9 Å². The van der Waals surface area contributed by atoms with Crippen LogP contribution in [0.2, 0.25) is 0 Å². The predicted octanol–water partition coefficient (Wildman–Crippen LogP) is 4.46. The minimum absolute atomic E-state index is 0.639. The quantitative estimate of drug-likeness (QED) is 0.564. The second kappa shape index (κ2) is 7.37. The molecule has 3 aromatic rings. The molecule has 0 aliphatic carbocycles. The van der Waals surface area contributed by atoms with Gasteiger partial charge in [-0.15, -0.1) is 16.8 Å². The molecule has 0 N–H and O–H groups in total. The molecule has 0 saturated carbocycles. The van der Waals surface area contributed by atoms with Crippen LogP contribution >= 0.6 is 39.2 Å². The monoisotopic (exact) mass is 407 g/mol. The van der Waals surface area contributed by atoms with E-state index in [2.05, 4.69) is 42.1 Å². The Labute approximate surface area is 151 Å². The zero-order valence-corrected chi connectivity index (χ0v) is 15.7. The summed E-state index contributed by atoms with van der Waals surface area (Å²) in [4.78, 5) is 4.48. The SMILES string of the molecule is C=CCn1c(Sc2nc(CC)ns2)nnc1-c1ccc(Br)cc1. The van der Waals surface area contributed by atoms with E-state index in [1.165, 1.54) is 23.3 Å². The van der Waals surface area contributed by atoms with Gasteiger partial charge in [0.05, 0.1) is 0 Å². The summed E-state index contributed by atoms with van der Waals surface area (Å²) in [5, 5.41) is 9.46. The normalized spacial score (nSPS) is 10.9. The standard InChI is InChI=1S/C15H14BrN5S2/c1-3-9-21-13(10-5-7-11(16)8-6-10)18-19-14(21)22-15-17-12(4-2)20-23-15/h3,5-8H,1,4,9H2,2H3. The minimum Gasteiger partial charge on any atom is -0.298 e. The van der Waals surface area contributed by atoms with E-state index in [1.54, 1.807) is 0 Å². The Morgan fingerprint density at radius 3 is 2.74 bits per heavy atom. The zero-order valence-electron chi connectivity index (χ0n) is 12.4. The lowest BCUT2D eigenvalue weighted by Crippen LogP contribution is -2.00. The molecule has 0 radical (unpaired) electrons. The molecule has 3 rings (SSSR count). The number of aromatic nitrogens is 5. The molecular formula is C15H14BrN5S2. The van der Waals surface area contributed by atoms with E-state index in [1.807, 2.05) is 41.8 Å². The number of hydrogen-bond acceptors (Lipinski definition) is 6. The van der Waals surface area contributed by atoms with Crippen LogP contribution in [0, 0.1) is 0 Å². The molecular weight excluding hydrogens is 394 g/mol. The van der Waals surface area contributed by atoms with Gasteiger partial charge in [-0.3, -0.25) is 4.57 Å². The van der Waals surface area contributed by atoms with Crippen molar-refractivity contribution in [2.75, 3.05) is 0 Å². The van der Waals surface area contributed by atoms with Gasteiger partial charge in [-0.2, -0.15) is 4.37 Å². The van der Waals surface area contributed by atoms with Crippen molar-refractivity contribution in [2.45, 2.75) is 29.4 Å². The zero-order chi connectivity index (χ0) is 16.2. The number of nitrogens with zero attached hydrogens (tertiary/aromatic N) is 5. The summed E-state index contributed by atoms with van der Waals surface area (Å²) >= 11 is 6.33. The Kier molecular flexibility index (Phi) is 5.24. The van der Waals surface area contributed by atoms with Gasteiger partial charge in [-0.1, -0.05) is 41.1 Å². The fourth-order valence-corrected chi connectivity index (χ4v) is 3.88. The third kappa shape index (κ3) is 3.70. The van der Waals surface area contributed by atoms with Crippen molar-refractivity contribution < 1.29 is 0 Å². The van der Waals surface area contributed by atoms with Gasteiger partial charge in [0, 0.05) is 23.0 Å². The first-order valence-corrected chi connectivity index (χ1v) is 9.40. The first-order chi connectivity index (χ1) is 11.2. The highest BCUT2D eigenvalue weighted by Crippen LogP contribution is 2.31. The first kappa shape index (κ1) is 16.4. The number of benzene rings is 1. The van der Waals surface area contributed by atoms with Crippen molar-refractivity contribution in [2.24, 2.45) is 0 Å². The summed E-state index contributed by atoms with van der Waals surface area (Å²) in [5.74, 6) is 1.68. The largest absolute Gasteiger partial charge is 0.298 e. The maximum atomic E-state index is 4.48. The maximum Gasteiger partial charge on any atom is 0.198 e. The van der Waals surface area contributed by atoms with Crippen molar-refractivity contribution in [3.63, 3.8) is 0 Å². The first-order valence-electron chi connectivity index (χ1n) is 7.01. The second-order valence-corrected chi connectivity index (χ2v) is 7.53. The Bertz CT molecular complexity index is 810. The second-order valence-electron chi connectivity index (χ2n) is 4.64. The molecule has 1 aromatic carbocycles. The van der Waals surface area contributed by atoms with E-state index in [0.717, 1.165) is 37.6 Å². The number of aryl methyl sites for hydroxylation is 1. The molecule has 0 amide bonds. The maximum absolute atomic E-state index is 4.48. The third-order valence-electron chi connectivity index (χ3n) is 3.08. The summed E-state index contributed by atoms with van der Waals surface area (Å²) in [7, 11) is 0. The lowest BCUT2D eigenvalue weighted by Gasteiger charge is -2.06. The highest BCUT2D eigenvalue weighted by Gasteiger charge is 2.16. The smallest absolute Gasteiger partial charge is 0.198 e. The molecule has 0 aliphatic heterocycles. The summed E-state index contributed by atoms with van der Waals surface area (Å²) < 4.78 is 8.25. The van der Waals surface area contributed by atoms with Gasteiger partial charge in [0.2, 0.25) is 0 Å². The highest BCUT2D eigenvalue weighted by molar-refractivity contribution is 9.10. The molecule has 8 heteroatoms. The van der Waals surface area contributed by atoms with Crippen molar-refractivity contribution in [3.8, 4) is 11.4 Å². The molecule has 0 saturated heterocycles. The van der Waals surface area contributed by atoms with E-state index in [9.17, 15) is 0 Å². The molecule has 5 nitrogen and oxygen atoms in total. The van der Waals surface area contributed by atoms with Crippen LogP contribution in [0.4, 0.5) is 0 Å². The van der Waals surface area contributed by atoms with Gasteiger partial charge < -0.3 is 0 Å². The van der Waals surface area contributed by atoms with E-state index in [-0.39, 0.29) is 0 Å². The Morgan fingerprint density at radius 1 is 1.30 bits per heavy atom. The molecule has 0 unspecified atom stereocenters. The van der Waals surface area contributed by atoms with Crippen LogP contribution in [-0.4, -0.2) is 24.1 Å². The van der Waals surface area contributed by atoms with Crippen LogP contribution in [0.25, 0.3) is 11.4 Å². The summed E-state index contributed by atoms with van der Waals surface area (Å²) in [6.45, 7) is 6.51. The van der Waals surface area contributed by atoms with Gasteiger partial charge in [-0.25, -0.2) is 4.98 Å². The van der Waals surface area contributed by atoms with Crippen LogP contribution in [0.1, 0.15) is 12.7 Å². The van der Waals surface area contributed by atoms with E-state index in [4.69, 9.17) is 0 Å². The lowest BCUT2D eigenvalue weighted by molar-refractivity contribution is 0.731. The third-order valence-corrected chi connectivity index (χ3v) is 5.38. The van der Waals surface area contributed by atoms with Crippen LogP contribution < -0.4 is 0 Å². The molecule has 2 heterocycles. The molecule has 118 valence electrons. The van der Waals surface area contributed by atoms with Gasteiger partial charge in [-0.05, 0) is 35.4 Å². The van der Waals surface area contributed by atoms with Crippen molar-refractivity contribution in [3.05, 3.63) is 47.2 Å². The molecule has 0 bridgehead atoms. The van der Waals surface area contributed by atoms with Crippen LogP contribution in [-0.2, 0) is 13.0 Å². The van der Waals surface area contributed by atoms with Crippen molar-refractivity contribution >= 4 is 39.2 Å². The van der Waals surface area contributed by atoms with E-state index in [0.29, 0.717) is 6.54 Å². The topological polar surface area (TPSA) is 56.5 Å². The van der Waals surface area contributed by atoms with Crippen LogP contribution in [0.5, 0.6) is 0 Å².